The van der Waals surface area contributed by atoms with Crippen molar-refractivity contribution < 1.29 is 4.39 Å². The molecule has 0 unspecified atom stereocenters. The minimum Gasteiger partial charge on any atom is -0.379 e. The average Bonchev–Trinajstić information content (AvgIpc) is 3.25. The quantitative estimate of drug-likeness (QED) is 0.716. The maximum atomic E-state index is 13.5. The fourth-order valence-electron chi connectivity index (χ4n) is 3.68. The molecule has 0 bridgehead atoms. The van der Waals surface area contributed by atoms with E-state index in [1.165, 1.54) is 25.0 Å². The van der Waals surface area contributed by atoms with Gasteiger partial charge < -0.3 is 15.5 Å². The monoisotopic (exact) mass is 358 g/mol. The van der Waals surface area contributed by atoms with E-state index >= 15 is 0 Å². The van der Waals surface area contributed by atoms with Gasteiger partial charge in [0.2, 0.25) is 0 Å². The molecule has 0 atom stereocenters. The lowest BCUT2D eigenvalue weighted by molar-refractivity contribution is 0.628. The summed E-state index contributed by atoms with van der Waals surface area (Å²) in [6, 6.07) is 4.89. The van der Waals surface area contributed by atoms with Crippen molar-refractivity contribution in [1.29, 1.82) is 0 Å². The number of anilines is 1. The summed E-state index contributed by atoms with van der Waals surface area (Å²) in [6.07, 6.45) is 10.4. The molecule has 0 saturated heterocycles. The summed E-state index contributed by atoms with van der Waals surface area (Å²) in [5.41, 5.74) is 10.6. The van der Waals surface area contributed by atoms with Crippen LogP contribution in [0.1, 0.15) is 31.2 Å². The van der Waals surface area contributed by atoms with Crippen molar-refractivity contribution in [2.75, 3.05) is 5.32 Å². The van der Waals surface area contributed by atoms with E-state index in [9.17, 15) is 4.39 Å². The predicted molar refractivity (Wildman–Crippen MR) is 99.4 cm³/mol. The normalized spacial score (nSPS) is 15.2. The number of halogens is 2. The molecule has 1 aliphatic carbocycles. The van der Waals surface area contributed by atoms with Crippen molar-refractivity contribution in [2.45, 2.75) is 38.3 Å². The van der Waals surface area contributed by atoms with Crippen LogP contribution < -0.4 is 11.1 Å². The first-order chi connectivity index (χ1) is 12.2. The van der Waals surface area contributed by atoms with E-state index in [1.807, 2.05) is 16.8 Å². The fourth-order valence-corrected chi connectivity index (χ4v) is 3.94. The number of nitrogens with zero attached hydrogens (tertiary/aromatic N) is 2. The molecule has 3 aromatic rings. The van der Waals surface area contributed by atoms with Crippen LogP contribution in [0.5, 0.6) is 0 Å². The molecule has 4 nitrogen and oxygen atoms in total. The highest BCUT2D eigenvalue weighted by Gasteiger charge is 2.21. The number of pyridine rings is 1. The van der Waals surface area contributed by atoms with Crippen molar-refractivity contribution in [3.05, 3.63) is 53.2 Å². The number of hydrogen-bond acceptors (Lipinski definition) is 3. The van der Waals surface area contributed by atoms with Gasteiger partial charge in [0.15, 0.2) is 5.65 Å². The van der Waals surface area contributed by atoms with Crippen molar-refractivity contribution in [3.8, 4) is 11.1 Å². The summed E-state index contributed by atoms with van der Waals surface area (Å²) >= 11 is 6.31. The van der Waals surface area contributed by atoms with Gasteiger partial charge in [-0.15, -0.1) is 0 Å². The summed E-state index contributed by atoms with van der Waals surface area (Å²) < 4.78 is 15.4. The van der Waals surface area contributed by atoms with Crippen LogP contribution in [0.15, 0.2) is 36.8 Å². The molecule has 130 valence electrons. The van der Waals surface area contributed by atoms with Crippen molar-refractivity contribution in [3.63, 3.8) is 0 Å². The van der Waals surface area contributed by atoms with Crippen LogP contribution in [-0.2, 0) is 6.54 Å². The van der Waals surface area contributed by atoms with Crippen LogP contribution in [0.2, 0.25) is 5.02 Å². The Labute approximate surface area is 150 Å². The molecular weight excluding hydrogens is 339 g/mol. The van der Waals surface area contributed by atoms with E-state index in [2.05, 4.69) is 10.3 Å². The molecule has 4 rings (SSSR count). The number of fused-ring (bicyclic) bond motifs is 1. The molecule has 0 radical (unpaired) electrons. The zero-order valence-corrected chi connectivity index (χ0v) is 14.6. The van der Waals surface area contributed by atoms with Crippen molar-refractivity contribution in [2.24, 2.45) is 5.73 Å². The lowest BCUT2D eigenvalue weighted by Crippen LogP contribution is -2.18. The Balaban J connectivity index is 1.91. The van der Waals surface area contributed by atoms with Crippen LogP contribution in [-0.4, -0.2) is 15.4 Å². The second-order valence-electron chi connectivity index (χ2n) is 6.51. The molecule has 0 aliphatic heterocycles. The number of benzene rings is 1. The van der Waals surface area contributed by atoms with E-state index in [4.69, 9.17) is 17.3 Å². The highest BCUT2D eigenvalue weighted by Crippen LogP contribution is 2.37. The van der Waals surface area contributed by atoms with Gasteiger partial charge in [0.1, 0.15) is 5.82 Å². The van der Waals surface area contributed by atoms with E-state index < -0.39 is 0 Å². The van der Waals surface area contributed by atoms with E-state index in [0.717, 1.165) is 40.9 Å². The van der Waals surface area contributed by atoms with Gasteiger partial charge >= 0.3 is 0 Å². The molecule has 1 fully saturated rings. The molecule has 6 heteroatoms. The number of rotatable bonds is 4. The zero-order chi connectivity index (χ0) is 17.4. The van der Waals surface area contributed by atoms with Gasteiger partial charge in [-0.2, -0.15) is 0 Å². The van der Waals surface area contributed by atoms with E-state index in [-0.39, 0.29) is 5.82 Å². The van der Waals surface area contributed by atoms with Gasteiger partial charge in [0.05, 0.1) is 10.7 Å². The molecule has 25 heavy (non-hydrogen) atoms. The van der Waals surface area contributed by atoms with Crippen LogP contribution in [0, 0.1) is 5.82 Å². The Bertz CT molecular complexity index is 915. The van der Waals surface area contributed by atoms with Gasteiger partial charge in [-0.3, -0.25) is 0 Å². The van der Waals surface area contributed by atoms with Crippen LogP contribution in [0.4, 0.5) is 10.1 Å². The molecule has 2 heterocycles. The van der Waals surface area contributed by atoms with E-state index in [0.29, 0.717) is 17.6 Å². The van der Waals surface area contributed by atoms with Gasteiger partial charge in [-0.05, 0) is 31.0 Å². The smallest absolute Gasteiger partial charge is 0.160 e. The number of aromatic nitrogens is 2. The second-order valence-corrected chi connectivity index (χ2v) is 6.92. The second kappa shape index (κ2) is 6.65. The number of hydrogen-bond donors (Lipinski definition) is 2. The molecule has 2 aromatic heterocycles. The standard InChI is InChI=1S/C19H20ClFN4/c20-17-9-12(21)5-6-14(17)16-11-25-8-7-23-19(25)18(15(16)10-22)24-13-3-1-2-4-13/h5-9,11,13,24H,1-4,10,22H2. The topological polar surface area (TPSA) is 55.4 Å². The van der Waals surface area contributed by atoms with Crippen LogP contribution in [0.25, 0.3) is 16.8 Å². The Hall–Kier alpha value is -2.11. The molecule has 0 amide bonds. The van der Waals surface area contributed by atoms with Crippen molar-refractivity contribution in [1.82, 2.24) is 9.38 Å². The largest absolute Gasteiger partial charge is 0.379 e. The Morgan fingerprint density at radius 3 is 2.80 bits per heavy atom. The molecule has 1 aromatic carbocycles. The lowest BCUT2D eigenvalue weighted by atomic mass is 9.99. The zero-order valence-electron chi connectivity index (χ0n) is 13.8. The SMILES string of the molecule is NCc1c(-c2ccc(F)cc2Cl)cn2ccnc2c1NC1CCCC1. The first-order valence-electron chi connectivity index (χ1n) is 8.58. The summed E-state index contributed by atoms with van der Waals surface area (Å²) in [6.45, 7) is 0.349. The van der Waals surface area contributed by atoms with Crippen LogP contribution >= 0.6 is 11.6 Å². The number of imidazole rings is 1. The maximum Gasteiger partial charge on any atom is 0.160 e. The molecule has 0 spiro atoms. The summed E-state index contributed by atoms with van der Waals surface area (Å²) in [5, 5.41) is 4.03. The summed E-state index contributed by atoms with van der Waals surface area (Å²) in [7, 11) is 0. The lowest BCUT2D eigenvalue weighted by Gasteiger charge is -2.21. The van der Waals surface area contributed by atoms with Gasteiger partial charge in [0, 0.05) is 47.9 Å². The van der Waals surface area contributed by atoms with E-state index in [1.54, 1.807) is 12.3 Å². The fraction of sp³-hybridized carbons (Fsp3) is 0.316. The Kier molecular flexibility index (Phi) is 4.36. The minimum absolute atomic E-state index is 0.349. The molecule has 1 aliphatic rings. The number of nitrogens with one attached hydrogen (secondary N) is 1. The van der Waals surface area contributed by atoms with Crippen LogP contribution in [0.3, 0.4) is 0 Å². The predicted octanol–water partition coefficient (Wildman–Crippen LogP) is 4.61. The van der Waals surface area contributed by atoms with Crippen molar-refractivity contribution >= 4 is 22.9 Å². The third-order valence-electron chi connectivity index (χ3n) is 4.92. The molecule has 1 saturated carbocycles. The highest BCUT2D eigenvalue weighted by molar-refractivity contribution is 6.33. The van der Waals surface area contributed by atoms with Gasteiger partial charge in [-0.1, -0.05) is 24.4 Å². The van der Waals surface area contributed by atoms with Gasteiger partial charge in [0.25, 0.3) is 0 Å². The van der Waals surface area contributed by atoms with Gasteiger partial charge in [-0.25, -0.2) is 9.37 Å². The minimum atomic E-state index is -0.351. The average molecular weight is 359 g/mol. The first-order valence-corrected chi connectivity index (χ1v) is 8.95. The Morgan fingerprint density at radius 2 is 2.08 bits per heavy atom. The number of nitrogens with two attached hydrogens (primary N) is 1. The summed E-state index contributed by atoms with van der Waals surface area (Å²) in [5.74, 6) is -0.351. The highest BCUT2D eigenvalue weighted by atomic mass is 35.5. The molecular formula is C19H20ClFN4. The third kappa shape index (κ3) is 2.98. The maximum absolute atomic E-state index is 13.5. The molecule has 3 N–H and O–H groups in total. The third-order valence-corrected chi connectivity index (χ3v) is 5.23. The first kappa shape index (κ1) is 16.4. The Morgan fingerprint density at radius 1 is 1.28 bits per heavy atom. The summed E-state index contributed by atoms with van der Waals surface area (Å²) in [4.78, 5) is 4.49.